The lowest BCUT2D eigenvalue weighted by Crippen LogP contribution is -2.36. The Labute approximate surface area is 138 Å². The first kappa shape index (κ1) is 16.2. The largest absolute Gasteiger partial charge is 0.467 e. The monoisotopic (exact) mass is 349 g/mol. The standard InChI is InChI=1S/C15H15N3O5S/c19-14-7-10-6-12(3-4-13(10)18-14)24(21,22)17-9-15(20)16-8-11-2-1-5-23-11/h1-6,17H,7-9H2,(H,16,20)(H,18,19). The summed E-state index contributed by atoms with van der Waals surface area (Å²) in [6.45, 7) is -0.211. The van der Waals surface area contributed by atoms with Gasteiger partial charge in [0.2, 0.25) is 21.8 Å². The van der Waals surface area contributed by atoms with Crippen molar-refractivity contribution in [2.75, 3.05) is 11.9 Å². The second kappa shape index (κ2) is 6.46. The predicted molar refractivity (Wildman–Crippen MR) is 84.5 cm³/mol. The molecule has 2 heterocycles. The zero-order valence-corrected chi connectivity index (χ0v) is 13.4. The summed E-state index contributed by atoms with van der Waals surface area (Å²) in [4.78, 5) is 23.0. The third kappa shape index (κ3) is 3.63. The SMILES string of the molecule is O=C(CNS(=O)(=O)c1ccc2c(c1)CC(=O)N2)NCc1ccco1. The zero-order chi connectivity index (χ0) is 17.2. The number of benzene rings is 1. The highest BCUT2D eigenvalue weighted by molar-refractivity contribution is 7.89. The van der Waals surface area contributed by atoms with E-state index in [9.17, 15) is 18.0 Å². The molecule has 0 aliphatic carbocycles. The molecule has 9 heteroatoms. The molecule has 0 spiro atoms. The van der Waals surface area contributed by atoms with Crippen LogP contribution in [0, 0.1) is 0 Å². The molecular weight excluding hydrogens is 334 g/mol. The van der Waals surface area contributed by atoms with E-state index in [0.717, 1.165) is 0 Å². The Balaban J connectivity index is 1.59. The van der Waals surface area contributed by atoms with Crippen molar-refractivity contribution >= 4 is 27.5 Å². The number of hydrogen-bond donors (Lipinski definition) is 3. The quantitative estimate of drug-likeness (QED) is 0.696. The molecule has 8 nitrogen and oxygen atoms in total. The second-order valence-corrected chi connectivity index (χ2v) is 6.99. The summed E-state index contributed by atoms with van der Waals surface area (Å²) in [6.07, 6.45) is 1.62. The van der Waals surface area contributed by atoms with Gasteiger partial charge in [-0.3, -0.25) is 9.59 Å². The van der Waals surface area contributed by atoms with E-state index in [0.29, 0.717) is 17.0 Å². The average Bonchev–Trinajstić information content (AvgIpc) is 3.18. The van der Waals surface area contributed by atoms with E-state index in [1.165, 1.54) is 24.5 Å². The van der Waals surface area contributed by atoms with Crippen LogP contribution in [0.5, 0.6) is 0 Å². The van der Waals surface area contributed by atoms with Crippen LogP contribution in [-0.2, 0) is 32.6 Å². The third-order valence-corrected chi connectivity index (χ3v) is 4.87. The molecule has 1 aliphatic rings. The maximum Gasteiger partial charge on any atom is 0.241 e. The summed E-state index contributed by atoms with van der Waals surface area (Å²) in [6, 6.07) is 7.73. The number of amides is 2. The zero-order valence-electron chi connectivity index (χ0n) is 12.5. The molecule has 1 aromatic carbocycles. The van der Waals surface area contributed by atoms with E-state index >= 15 is 0 Å². The van der Waals surface area contributed by atoms with Gasteiger partial charge in [0.1, 0.15) is 5.76 Å². The van der Waals surface area contributed by atoms with Crippen molar-refractivity contribution in [2.45, 2.75) is 17.9 Å². The van der Waals surface area contributed by atoms with Gasteiger partial charge in [0.05, 0.1) is 30.7 Å². The maximum atomic E-state index is 12.2. The minimum absolute atomic E-state index is 0.0107. The normalized spacial score (nSPS) is 13.4. The highest BCUT2D eigenvalue weighted by atomic mass is 32.2. The summed E-state index contributed by atoms with van der Waals surface area (Å²) in [5, 5.41) is 5.17. The summed E-state index contributed by atoms with van der Waals surface area (Å²) in [5.41, 5.74) is 1.22. The lowest BCUT2D eigenvalue weighted by Gasteiger charge is -2.08. The summed E-state index contributed by atoms with van der Waals surface area (Å²) < 4.78 is 31.8. The Morgan fingerprint density at radius 1 is 1.29 bits per heavy atom. The van der Waals surface area contributed by atoms with Crippen molar-refractivity contribution in [3.63, 3.8) is 0 Å². The van der Waals surface area contributed by atoms with Crippen molar-refractivity contribution < 1.29 is 22.4 Å². The first-order valence-corrected chi connectivity index (χ1v) is 8.64. The number of fused-ring (bicyclic) bond motifs is 1. The van der Waals surface area contributed by atoms with Crippen LogP contribution >= 0.6 is 0 Å². The van der Waals surface area contributed by atoms with Crippen molar-refractivity contribution in [2.24, 2.45) is 0 Å². The molecule has 3 rings (SSSR count). The molecule has 24 heavy (non-hydrogen) atoms. The molecular formula is C15H15N3O5S. The van der Waals surface area contributed by atoms with Gasteiger partial charge in [-0.2, -0.15) is 0 Å². The Hall–Kier alpha value is -2.65. The number of nitrogens with one attached hydrogen (secondary N) is 3. The van der Waals surface area contributed by atoms with E-state index in [-0.39, 0.29) is 23.8 Å². The highest BCUT2D eigenvalue weighted by Gasteiger charge is 2.22. The molecule has 0 saturated carbocycles. The molecule has 2 aromatic rings. The van der Waals surface area contributed by atoms with Crippen molar-refractivity contribution in [1.29, 1.82) is 0 Å². The summed E-state index contributed by atoms with van der Waals surface area (Å²) >= 11 is 0. The molecule has 1 aliphatic heterocycles. The number of carbonyl (C=O) groups excluding carboxylic acids is 2. The molecule has 126 valence electrons. The molecule has 1 aromatic heterocycles. The smallest absolute Gasteiger partial charge is 0.241 e. The van der Waals surface area contributed by atoms with Crippen LogP contribution < -0.4 is 15.4 Å². The van der Waals surface area contributed by atoms with Gasteiger partial charge in [-0.15, -0.1) is 0 Å². The number of furan rings is 1. The number of carbonyl (C=O) groups is 2. The molecule has 0 radical (unpaired) electrons. The Morgan fingerprint density at radius 2 is 2.12 bits per heavy atom. The van der Waals surface area contributed by atoms with Crippen molar-refractivity contribution in [3.05, 3.63) is 47.9 Å². The first-order chi connectivity index (χ1) is 11.4. The van der Waals surface area contributed by atoms with E-state index in [1.807, 2.05) is 0 Å². The molecule has 0 fully saturated rings. The van der Waals surface area contributed by atoms with Crippen LogP contribution in [0.4, 0.5) is 5.69 Å². The van der Waals surface area contributed by atoms with Crippen LogP contribution in [-0.4, -0.2) is 26.8 Å². The molecule has 0 bridgehead atoms. The van der Waals surface area contributed by atoms with Gasteiger partial charge in [0, 0.05) is 5.69 Å². The predicted octanol–water partition coefficient (Wildman–Crippen LogP) is 0.369. The summed E-state index contributed by atoms with van der Waals surface area (Å²) in [5.74, 6) is -0.0835. The van der Waals surface area contributed by atoms with Crippen molar-refractivity contribution in [1.82, 2.24) is 10.0 Å². The minimum Gasteiger partial charge on any atom is -0.467 e. The van der Waals surface area contributed by atoms with E-state index in [2.05, 4.69) is 15.4 Å². The van der Waals surface area contributed by atoms with E-state index < -0.39 is 22.5 Å². The average molecular weight is 349 g/mol. The second-order valence-electron chi connectivity index (χ2n) is 5.22. The first-order valence-electron chi connectivity index (χ1n) is 7.15. The summed E-state index contributed by atoms with van der Waals surface area (Å²) in [7, 11) is -3.84. The number of sulfonamides is 1. The molecule has 3 N–H and O–H groups in total. The van der Waals surface area contributed by atoms with Gasteiger partial charge >= 0.3 is 0 Å². The fourth-order valence-corrected chi connectivity index (χ4v) is 3.31. The minimum atomic E-state index is -3.84. The molecule has 0 saturated heterocycles. The van der Waals surface area contributed by atoms with Crippen LogP contribution in [0.2, 0.25) is 0 Å². The topological polar surface area (TPSA) is 118 Å². The lowest BCUT2D eigenvalue weighted by molar-refractivity contribution is -0.120. The van der Waals surface area contributed by atoms with Crippen LogP contribution in [0.15, 0.2) is 45.9 Å². The fraction of sp³-hybridized carbons (Fsp3) is 0.200. The van der Waals surface area contributed by atoms with Crippen LogP contribution in [0.25, 0.3) is 0 Å². The highest BCUT2D eigenvalue weighted by Crippen LogP contribution is 2.25. The maximum absolute atomic E-state index is 12.2. The van der Waals surface area contributed by atoms with Crippen LogP contribution in [0.3, 0.4) is 0 Å². The lowest BCUT2D eigenvalue weighted by atomic mass is 10.2. The van der Waals surface area contributed by atoms with Gasteiger partial charge in [0.15, 0.2) is 0 Å². The Morgan fingerprint density at radius 3 is 2.88 bits per heavy atom. The van der Waals surface area contributed by atoms with Gasteiger partial charge in [-0.05, 0) is 35.9 Å². The van der Waals surface area contributed by atoms with E-state index in [4.69, 9.17) is 4.42 Å². The number of anilines is 1. The molecule has 2 amide bonds. The van der Waals surface area contributed by atoms with Gasteiger partial charge in [-0.25, -0.2) is 13.1 Å². The Kier molecular flexibility index (Phi) is 4.36. The molecule has 0 unspecified atom stereocenters. The number of hydrogen-bond acceptors (Lipinski definition) is 5. The fourth-order valence-electron chi connectivity index (χ4n) is 2.28. The molecule has 0 atom stereocenters. The Bertz CT molecular complexity index is 875. The van der Waals surface area contributed by atoms with Crippen LogP contribution in [0.1, 0.15) is 11.3 Å². The van der Waals surface area contributed by atoms with Gasteiger partial charge in [-0.1, -0.05) is 0 Å². The van der Waals surface area contributed by atoms with E-state index in [1.54, 1.807) is 12.1 Å². The van der Waals surface area contributed by atoms with Gasteiger partial charge < -0.3 is 15.1 Å². The number of rotatable bonds is 6. The van der Waals surface area contributed by atoms with Gasteiger partial charge in [0.25, 0.3) is 0 Å². The third-order valence-electron chi connectivity index (χ3n) is 3.47. The van der Waals surface area contributed by atoms with Crippen molar-refractivity contribution in [3.8, 4) is 0 Å².